The number of hydrogen-bond acceptors (Lipinski definition) is 3. The van der Waals surface area contributed by atoms with E-state index in [2.05, 4.69) is 19.1 Å². The molecule has 18 heavy (non-hydrogen) atoms. The molecule has 1 saturated carbocycles. The van der Waals surface area contributed by atoms with E-state index >= 15 is 0 Å². The van der Waals surface area contributed by atoms with Gasteiger partial charge in [-0.25, -0.2) is 0 Å². The minimum absolute atomic E-state index is 0.356. The van der Waals surface area contributed by atoms with Crippen LogP contribution in [-0.2, 0) is 4.74 Å². The Morgan fingerprint density at radius 1 is 1.06 bits per heavy atom. The molecule has 1 aromatic carbocycles. The largest absolute Gasteiger partial charge is 0.454 e. The van der Waals surface area contributed by atoms with E-state index in [1.807, 2.05) is 7.11 Å². The van der Waals surface area contributed by atoms with Crippen molar-refractivity contribution in [1.82, 2.24) is 0 Å². The maximum Gasteiger partial charge on any atom is 0.231 e. The summed E-state index contributed by atoms with van der Waals surface area (Å²) < 4.78 is 16.3. The molecular weight excluding hydrogens is 228 g/mol. The third-order valence-electron chi connectivity index (χ3n) is 4.21. The molecule has 0 spiro atoms. The first-order chi connectivity index (χ1) is 8.78. The molecule has 0 aromatic heterocycles. The zero-order valence-electron chi connectivity index (χ0n) is 11.1. The van der Waals surface area contributed by atoms with Crippen LogP contribution in [0, 0.1) is 6.92 Å². The van der Waals surface area contributed by atoms with Crippen molar-refractivity contribution in [2.24, 2.45) is 0 Å². The van der Waals surface area contributed by atoms with E-state index in [-0.39, 0.29) is 0 Å². The number of hydrogen-bond donors (Lipinski definition) is 0. The predicted molar refractivity (Wildman–Crippen MR) is 69.3 cm³/mol. The van der Waals surface area contributed by atoms with Gasteiger partial charge in [-0.1, -0.05) is 0 Å². The summed E-state index contributed by atoms with van der Waals surface area (Å²) in [6, 6.07) is 4.29. The van der Waals surface area contributed by atoms with Crippen LogP contribution in [-0.4, -0.2) is 20.0 Å². The zero-order valence-corrected chi connectivity index (χ0v) is 11.1. The normalized spacial score (nSPS) is 26.3. The maximum atomic E-state index is 5.48. The molecule has 1 aliphatic heterocycles. The minimum Gasteiger partial charge on any atom is -0.454 e. The molecule has 3 rings (SSSR count). The van der Waals surface area contributed by atoms with Crippen molar-refractivity contribution in [3.05, 3.63) is 23.3 Å². The van der Waals surface area contributed by atoms with Gasteiger partial charge in [-0.15, -0.1) is 0 Å². The molecule has 1 aliphatic carbocycles. The van der Waals surface area contributed by atoms with Crippen LogP contribution < -0.4 is 9.47 Å². The summed E-state index contributed by atoms with van der Waals surface area (Å²) in [4.78, 5) is 0. The van der Waals surface area contributed by atoms with E-state index < -0.39 is 0 Å². The molecule has 0 N–H and O–H groups in total. The van der Waals surface area contributed by atoms with Gasteiger partial charge in [-0.05, 0) is 61.8 Å². The fraction of sp³-hybridized carbons (Fsp3) is 0.600. The summed E-state index contributed by atoms with van der Waals surface area (Å²) in [6.07, 6.45) is 5.19. The second-order valence-electron chi connectivity index (χ2n) is 5.27. The lowest BCUT2D eigenvalue weighted by Crippen LogP contribution is -2.19. The van der Waals surface area contributed by atoms with Crippen molar-refractivity contribution in [3.8, 4) is 11.5 Å². The summed E-state index contributed by atoms with van der Waals surface area (Å²) >= 11 is 0. The lowest BCUT2D eigenvalue weighted by Gasteiger charge is -2.28. The number of rotatable bonds is 2. The molecule has 1 heterocycles. The first-order valence-electron chi connectivity index (χ1n) is 6.71. The van der Waals surface area contributed by atoms with E-state index in [1.54, 1.807) is 0 Å². The smallest absolute Gasteiger partial charge is 0.231 e. The Morgan fingerprint density at radius 3 is 2.39 bits per heavy atom. The fourth-order valence-corrected chi connectivity index (χ4v) is 3.11. The molecule has 0 unspecified atom stereocenters. The average Bonchev–Trinajstić information content (AvgIpc) is 2.85. The Balaban J connectivity index is 1.80. The highest BCUT2D eigenvalue weighted by Crippen LogP contribution is 2.41. The Bertz CT molecular complexity index is 434. The fourth-order valence-electron chi connectivity index (χ4n) is 3.11. The van der Waals surface area contributed by atoms with Gasteiger partial charge in [0, 0.05) is 7.11 Å². The second-order valence-corrected chi connectivity index (χ2v) is 5.27. The average molecular weight is 248 g/mol. The maximum absolute atomic E-state index is 5.48. The molecule has 0 amide bonds. The molecule has 0 radical (unpaired) electrons. The molecule has 0 saturated heterocycles. The Hall–Kier alpha value is -1.22. The monoisotopic (exact) mass is 248 g/mol. The topological polar surface area (TPSA) is 27.7 Å². The van der Waals surface area contributed by atoms with E-state index in [1.165, 1.54) is 24.0 Å². The standard InChI is InChI=1S/C15H20O3/c1-10-7-14-15(18-9-17-14)8-13(10)11-3-5-12(16-2)6-4-11/h7-8,11-12H,3-6,9H2,1-2H3. The van der Waals surface area contributed by atoms with Gasteiger partial charge in [-0.2, -0.15) is 0 Å². The van der Waals surface area contributed by atoms with Crippen molar-refractivity contribution < 1.29 is 14.2 Å². The highest BCUT2D eigenvalue weighted by molar-refractivity contribution is 5.49. The number of ether oxygens (including phenoxy) is 3. The Morgan fingerprint density at radius 2 is 1.72 bits per heavy atom. The third-order valence-corrected chi connectivity index (χ3v) is 4.21. The summed E-state index contributed by atoms with van der Waals surface area (Å²) in [5.41, 5.74) is 2.74. The predicted octanol–water partition coefficient (Wildman–Crippen LogP) is 3.40. The van der Waals surface area contributed by atoms with E-state index in [0.29, 0.717) is 18.8 Å². The third kappa shape index (κ3) is 2.07. The van der Waals surface area contributed by atoms with Gasteiger partial charge in [0.2, 0.25) is 6.79 Å². The van der Waals surface area contributed by atoms with Crippen molar-refractivity contribution >= 4 is 0 Å². The van der Waals surface area contributed by atoms with E-state index in [4.69, 9.17) is 14.2 Å². The van der Waals surface area contributed by atoms with Crippen molar-refractivity contribution in [3.63, 3.8) is 0 Å². The lowest BCUT2D eigenvalue weighted by atomic mass is 9.81. The van der Waals surface area contributed by atoms with Crippen LogP contribution in [0.3, 0.4) is 0 Å². The van der Waals surface area contributed by atoms with Crippen molar-refractivity contribution in [1.29, 1.82) is 0 Å². The number of aryl methyl sites for hydroxylation is 1. The first-order valence-corrected chi connectivity index (χ1v) is 6.71. The van der Waals surface area contributed by atoms with Gasteiger partial charge < -0.3 is 14.2 Å². The molecule has 98 valence electrons. The molecule has 3 heteroatoms. The van der Waals surface area contributed by atoms with Gasteiger partial charge in [0.05, 0.1) is 6.10 Å². The second kappa shape index (κ2) is 4.81. The summed E-state index contributed by atoms with van der Waals surface area (Å²) in [5, 5.41) is 0. The van der Waals surface area contributed by atoms with Crippen LogP contribution in [0.5, 0.6) is 11.5 Å². The highest BCUT2D eigenvalue weighted by atomic mass is 16.7. The molecule has 0 bridgehead atoms. The van der Waals surface area contributed by atoms with Gasteiger partial charge in [0.1, 0.15) is 0 Å². The van der Waals surface area contributed by atoms with Crippen LogP contribution >= 0.6 is 0 Å². The van der Waals surface area contributed by atoms with Crippen LogP contribution in [0.2, 0.25) is 0 Å². The van der Waals surface area contributed by atoms with Crippen molar-refractivity contribution in [2.75, 3.05) is 13.9 Å². The number of benzene rings is 1. The van der Waals surface area contributed by atoms with Crippen LogP contribution in [0.4, 0.5) is 0 Å². The SMILES string of the molecule is COC1CCC(c2cc3c(cc2C)OCO3)CC1. The molecule has 3 nitrogen and oxygen atoms in total. The number of fused-ring (bicyclic) bond motifs is 1. The lowest BCUT2D eigenvalue weighted by molar-refractivity contribution is 0.0658. The van der Waals surface area contributed by atoms with Gasteiger partial charge >= 0.3 is 0 Å². The Kier molecular flexibility index (Phi) is 3.16. The van der Waals surface area contributed by atoms with Crippen LogP contribution in [0.1, 0.15) is 42.7 Å². The quantitative estimate of drug-likeness (QED) is 0.803. The molecular formula is C15H20O3. The van der Waals surface area contributed by atoms with Gasteiger partial charge in [-0.3, -0.25) is 0 Å². The first kappa shape index (κ1) is 11.8. The molecule has 0 atom stereocenters. The molecule has 1 fully saturated rings. The van der Waals surface area contributed by atoms with Crippen LogP contribution in [0.15, 0.2) is 12.1 Å². The molecule has 2 aliphatic rings. The van der Waals surface area contributed by atoms with Crippen molar-refractivity contribution in [2.45, 2.75) is 44.6 Å². The summed E-state index contributed by atoms with van der Waals surface area (Å²) in [5.74, 6) is 2.44. The van der Waals surface area contributed by atoms with E-state index in [0.717, 1.165) is 24.3 Å². The Labute approximate surface area is 108 Å². The van der Waals surface area contributed by atoms with E-state index in [9.17, 15) is 0 Å². The minimum atomic E-state index is 0.356. The molecule has 1 aromatic rings. The van der Waals surface area contributed by atoms with Crippen LogP contribution in [0.25, 0.3) is 0 Å². The highest BCUT2D eigenvalue weighted by Gasteiger charge is 2.25. The zero-order chi connectivity index (χ0) is 12.5. The van der Waals surface area contributed by atoms with Gasteiger partial charge in [0.15, 0.2) is 11.5 Å². The summed E-state index contributed by atoms with van der Waals surface area (Å²) in [6.45, 7) is 2.52. The number of methoxy groups -OCH3 is 1. The summed E-state index contributed by atoms with van der Waals surface area (Å²) in [7, 11) is 1.82. The van der Waals surface area contributed by atoms with Gasteiger partial charge in [0.25, 0.3) is 0 Å².